The molecule has 1 unspecified atom stereocenters. The van der Waals surface area contributed by atoms with E-state index in [1.54, 1.807) is 4.90 Å². The van der Waals surface area contributed by atoms with Gasteiger partial charge in [-0.1, -0.05) is 12.1 Å². The Morgan fingerprint density at radius 2 is 1.83 bits per heavy atom. The summed E-state index contributed by atoms with van der Waals surface area (Å²) in [5.41, 5.74) is 2.93. The van der Waals surface area contributed by atoms with Crippen LogP contribution in [0.3, 0.4) is 0 Å². The third-order valence-corrected chi connectivity index (χ3v) is 7.05. The molecule has 2 N–H and O–H groups in total. The minimum absolute atomic E-state index is 0.0932. The largest absolute Gasteiger partial charge is 0.322 e. The van der Waals surface area contributed by atoms with Crippen LogP contribution in [0.1, 0.15) is 60.0 Å². The first-order chi connectivity index (χ1) is 14.6. The second kappa shape index (κ2) is 8.12. The van der Waals surface area contributed by atoms with E-state index in [9.17, 15) is 14.4 Å². The van der Waals surface area contributed by atoms with Crippen LogP contribution < -0.4 is 10.6 Å². The maximum Gasteiger partial charge on any atom is 0.255 e. The predicted molar refractivity (Wildman–Crippen MR) is 112 cm³/mol. The number of nitrogens with zero attached hydrogens (tertiary/aromatic N) is 2. The monoisotopic (exact) mass is 410 g/mol. The number of rotatable bonds is 6. The van der Waals surface area contributed by atoms with E-state index in [4.69, 9.17) is 0 Å². The summed E-state index contributed by atoms with van der Waals surface area (Å²) in [5.74, 6) is 0.218. The molecule has 0 spiro atoms. The van der Waals surface area contributed by atoms with Crippen molar-refractivity contribution in [2.45, 2.75) is 63.7 Å². The molecule has 1 atom stereocenters. The standard InChI is InChI=1S/C23H30N4O3/c28-21-7-6-20(22(29)25-21)27-14-19-16(2-1-3-18(19)23(27)30)13-26-10-8-17(9-11-26)24-12-15-4-5-15/h1-3,15,17,20,24H,4-14H2,(H,25,28,29). The quantitative estimate of drug-likeness (QED) is 0.693. The summed E-state index contributed by atoms with van der Waals surface area (Å²) in [7, 11) is 0. The molecular formula is C23H30N4O3. The van der Waals surface area contributed by atoms with Crippen molar-refractivity contribution < 1.29 is 14.4 Å². The molecule has 0 radical (unpaired) electrons. The van der Waals surface area contributed by atoms with Crippen LogP contribution in [0, 0.1) is 5.92 Å². The van der Waals surface area contributed by atoms with E-state index in [0.29, 0.717) is 24.6 Å². The number of hydrogen-bond acceptors (Lipinski definition) is 5. The Bertz CT molecular complexity index is 858. The molecule has 30 heavy (non-hydrogen) atoms. The molecule has 1 aromatic carbocycles. The molecule has 1 aliphatic carbocycles. The van der Waals surface area contributed by atoms with Gasteiger partial charge in [0.1, 0.15) is 6.04 Å². The molecule has 0 aromatic heterocycles. The first kappa shape index (κ1) is 19.7. The van der Waals surface area contributed by atoms with E-state index < -0.39 is 6.04 Å². The average molecular weight is 411 g/mol. The third kappa shape index (κ3) is 4.01. The number of nitrogens with one attached hydrogen (secondary N) is 2. The second-order valence-corrected chi connectivity index (χ2v) is 9.25. The Morgan fingerprint density at radius 3 is 2.57 bits per heavy atom. The molecule has 1 aromatic rings. The van der Waals surface area contributed by atoms with Crippen molar-refractivity contribution in [3.8, 4) is 0 Å². The highest BCUT2D eigenvalue weighted by molar-refractivity contribution is 6.05. The first-order valence-corrected chi connectivity index (χ1v) is 11.3. The zero-order valence-corrected chi connectivity index (χ0v) is 17.4. The van der Waals surface area contributed by atoms with Crippen molar-refractivity contribution in [1.29, 1.82) is 0 Å². The number of hydrogen-bond donors (Lipinski definition) is 2. The van der Waals surface area contributed by atoms with Gasteiger partial charge in [0.25, 0.3) is 5.91 Å². The number of likely N-dealkylation sites (tertiary alicyclic amines) is 1. The number of amides is 3. The third-order valence-electron chi connectivity index (χ3n) is 7.05. The van der Waals surface area contributed by atoms with Crippen molar-refractivity contribution in [2.24, 2.45) is 5.92 Å². The highest BCUT2D eigenvalue weighted by Gasteiger charge is 2.39. The summed E-state index contributed by atoms with van der Waals surface area (Å²) in [4.78, 5) is 40.8. The van der Waals surface area contributed by atoms with Crippen LogP contribution in [0.5, 0.6) is 0 Å². The molecule has 1 saturated carbocycles. The van der Waals surface area contributed by atoms with Crippen LogP contribution in [0.25, 0.3) is 0 Å². The normalized spacial score (nSPS) is 25.5. The number of benzene rings is 1. The van der Waals surface area contributed by atoms with Gasteiger partial charge >= 0.3 is 0 Å². The molecule has 0 bridgehead atoms. The van der Waals surface area contributed by atoms with Gasteiger partial charge in [0.05, 0.1) is 0 Å². The molecule has 3 fully saturated rings. The Labute approximate surface area is 177 Å². The molecular weight excluding hydrogens is 380 g/mol. The minimum atomic E-state index is -0.552. The predicted octanol–water partition coefficient (Wildman–Crippen LogP) is 1.41. The molecule has 7 nitrogen and oxygen atoms in total. The van der Waals surface area contributed by atoms with E-state index in [0.717, 1.165) is 31.1 Å². The first-order valence-electron chi connectivity index (χ1n) is 11.3. The molecule has 7 heteroatoms. The van der Waals surface area contributed by atoms with Crippen LogP contribution in [-0.2, 0) is 22.7 Å². The number of carbonyl (C=O) groups excluding carboxylic acids is 3. The second-order valence-electron chi connectivity index (χ2n) is 9.25. The number of carbonyl (C=O) groups is 3. The summed E-state index contributed by atoms with van der Waals surface area (Å²) in [5, 5.41) is 6.10. The molecule has 3 amide bonds. The number of imide groups is 1. The van der Waals surface area contributed by atoms with Gasteiger partial charge < -0.3 is 10.2 Å². The van der Waals surface area contributed by atoms with E-state index in [1.807, 2.05) is 12.1 Å². The van der Waals surface area contributed by atoms with E-state index >= 15 is 0 Å². The van der Waals surface area contributed by atoms with Crippen LogP contribution in [0.4, 0.5) is 0 Å². The lowest BCUT2D eigenvalue weighted by Crippen LogP contribution is -2.52. The Kier molecular flexibility index (Phi) is 5.33. The van der Waals surface area contributed by atoms with Gasteiger partial charge in [-0.25, -0.2) is 0 Å². The maximum absolute atomic E-state index is 13.0. The van der Waals surface area contributed by atoms with Gasteiger partial charge in [-0.3, -0.25) is 24.6 Å². The Morgan fingerprint density at radius 1 is 1.03 bits per heavy atom. The molecule has 4 aliphatic rings. The highest BCUT2D eigenvalue weighted by Crippen LogP contribution is 2.31. The fourth-order valence-corrected chi connectivity index (χ4v) is 4.99. The van der Waals surface area contributed by atoms with Crippen LogP contribution in [0.2, 0.25) is 0 Å². The van der Waals surface area contributed by atoms with Gasteiger partial charge in [0, 0.05) is 31.1 Å². The zero-order chi connectivity index (χ0) is 20.7. The molecule has 3 heterocycles. The van der Waals surface area contributed by atoms with Gasteiger partial charge in [-0.05, 0) is 74.8 Å². The SMILES string of the molecule is O=C1CCC(N2Cc3c(CN4CCC(NCC5CC5)CC4)cccc3C2=O)C(=O)N1. The summed E-state index contributed by atoms with van der Waals surface area (Å²) < 4.78 is 0. The smallest absolute Gasteiger partial charge is 0.255 e. The lowest BCUT2D eigenvalue weighted by molar-refractivity contribution is -0.136. The fourth-order valence-electron chi connectivity index (χ4n) is 4.99. The summed E-state index contributed by atoms with van der Waals surface area (Å²) >= 11 is 0. The number of fused-ring (bicyclic) bond motifs is 1. The zero-order valence-electron chi connectivity index (χ0n) is 17.4. The van der Waals surface area contributed by atoms with Crippen molar-refractivity contribution in [3.63, 3.8) is 0 Å². The van der Waals surface area contributed by atoms with Gasteiger partial charge in [-0.2, -0.15) is 0 Å². The van der Waals surface area contributed by atoms with Gasteiger partial charge in [0.2, 0.25) is 11.8 Å². The van der Waals surface area contributed by atoms with Crippen LogP contribution in [0.15, 0.2) is 18.2 Å². The summed E-state index contributed by atoms with van der Waals surface area (Å²) in [6, 6.07) is 6.00. The number of piperidine rings is 2. The molecule has 2 saturated heterocycles. The van der Waals surface area contributed by atoms with Gasteiger partial charge in [-0.15, -0.1) is 0 Å². The van der Waals surface area contributed by atoms with Crippen molar-refractivity contribution in [1.82, 2.24) is 20.4 Å². The molecule has 160 valence electrons. The van der Waals surface area contributed by atoms with E-state index in [1.165, 1.54) is 37.8 Å². The average Bonchev–Trinajstić information content (AvgIpc) is 3.51. The van der Waals surface area contributed by atoms with Crippen molar-refractivity contribution in [3.05, 3.63) is 34.9 Å². The van der Waals surface area contributed by atoms with Crippen LogP contribution >= 0.6 is 0 Å². The minimum Gasteiger partial charge on any atom is -0.322 e. The molecule has 5 rings (SSSR count). The Hall–Kier alpha value is -2.25. The van der Waals surface area contributed by atoms with E-state index in [-0.39, 0.29) is 24.1 Å². The summed E-state index contributed by atoms with van der Waals surface area (Å²) in [6.45, 7) is 4.60. The van der Waals surface area contributed by atoms with Crippen molar-refractivity contribution >= 4 is 17.7 Å². The lowest BCUT2D eigenvalue weighted by Gasteiger charge is -2.33. The fraction of sp³-hybridized carbons (Fsp3) is 0.609. The van der Waals surface area contributed by atoms with Crippen molar-refractivity contribution in [2.75, 3.05) is 19.6 Å². The Balaban J connectivity index is 1.22. The summed E-state index contributed by atoms with van der Waals surface area (Å²) in [6.07, 6.45) is 5.80. The lowest BCUT2D eigenvalue weighted by atomic mass is 10.0. The van der Waals surface area contributed by atoms with E-state index in [2.05, 4.69) is 21.6 Å². The van der Waals surface area contributed by atoms with Crippen LogP contribution in [-0.4, -0.2) is 59.2 Å². The van der Waals surface area contributed by atoms with Gasteiger partial charge in [0.15, 0.2) is 0 Å². The molecule has 3 aliphatic heterocycles. The topological polar surface area (TPSA) is 81.8 Å². The highest BCUT2D eigenvalue weighted by atomic mass is 16.2. The maximum atomic E-state index is 13.0.